The van der Waals surface area contributed by atoms with Crippen molar-refractivity contribution in [3.05, 3.63) is 0 Å². The van der Waals surface area contributed by atoms with Crippen LogP contribution >= 0.6 is 0 Å². The minimum Gasteiger partial charge on any atom is -0.325 e. The van der Waals surface area contributed by atoms with E-state index in [4.69, 9.17) is 5.73 Å². The minimum absolute atomic E-state index is 0.206. The van der Waals surface area contributed by atoms with Gasteiger partial charge in [0.05, 0.1) is 0 Å². The van der Waals surface area contributed by atoms with Gasteiger partial charge in [-0.05, 0) is 31.6 Å². The molecule has 0 atom stereocenters. The zero-order valence-corrected chi connectivity index (χ0v) is 11.6. The Hall–Kier alpha value is -0.0400. The van der Waals surface area contributed by atoms with Crippen LogP contribution in [0.3, 0.4) is 0 Å². The zero-order chi connectivity index (χ0) is 12.0. The number of nitrogens with two attached hydrogens (primary N) is 1. The van der Waals surface area contributed by atoms with Crippen LogP contribution < -0.4 is 5.73 Å². The van der Waals surface area contributed by atoms with Crippen LogP contribution in [0.2, 0.25) is 0 Å². The third-order valence-electron chi connectivity index (χ3n) is 5.12. The molecule has 2 fully saturated rings. The second kappa shape index (κ2) is 6.78. The molecule has 0 saturated heterocycles. The first-order valence-corrected chi connectivity index (χ1v) is 8.07. The van der Waals surface area contributed by atoms with Gasteiger partial charge in [-0.25, -0.2) is 0 Å². The summed E-state index contributed by atoms with van der Waals surface area (Å²) in [4.78, 5) is 0. The summed E-state index contributed by atoms with van der Waals surface area (Å²) in [6.45, 7) is 0. The van der Waals surface area contributed by atoms with Gasteiger partial charge in [0.1, 0.15) is 0 Å². The van der Waals surface area contributed by atoms with Gasteiger partial charge in [-0.15, -0.1) is 0 Å². The lowest BCUT2D eigenvalue weighted by Crippen LogP contribution is -2.40. The van der Waals surface area contributed by atoms with Gasteiger partial charge in [0.15, 0.2) is 0 Å². The Morgan fingerprint density at radius 1 is 0.765 bits per heavy atom. The molecule has 0 spiro atoms. The zero-order valence-electron chi connectivity index (χ0n) is 11.6. The predicted molar refractivity (Wildman–Crippen MR) is 75.0 cm³/mol. The summed E-state index contributed by atoms with van der Waals surface area (Å²) in [5, 5.41) is 0. The van der Waals surface area contributed by atoms with Crippen molar-refractivity contribution in [3.8, 4) is 0 Å². The summed E-state index contributed by atoms with van der Waals surface area (Å²) in [7, 11) is 0. The topological polar surface area (TPSA) is 26.0 Å². The molecule has 2 rings (SSSR count). The van der Waals surface area contributed by atoms with Crippen molar-refractivity contribution < 1.29 is 0 Å². The Kier molecular flexibility index (Phi) is 5.34. The smallest absolute Gasteiger partial charge is 0.0154 e. The van der Waals surface area contributed by atoms with E-state index in [0.717, 1.165) is 5.92 Å². The maximum atomic E-state index is 6.65. The van der Waals surface area contributed by atoms with Gasteiger partial charge in [0, 0.05) is 5.54 Å². The van der Waals surface area contributed by atoms with Gasteiger partial charge in [0.25, 0.3) is 0 Å². The lowest BCUT2D eigenvalue weighted by Gasteiger charge is -2.33. The molecule has 0 amide bonds. The van der Waals surface area contributed by atoms with Crippen LogP contribution in [0, 0.1) is 5.92 Å². The molecule has 0 aromatic heterocycles. The highest BCUT2D eigenvalue weighted by Crippen LogP contribution is 2.33. The highest BCUT2D eigenvalue weighted by Gasteiger charge is 2.26. The van der Waals surface area contributed by atoms with Crippen LogP contribution in [-0.4, -0.2) is 5.54 Å². The quantitative estimate of drug-likeness (QED) is 0.750. The number of hydrogen-bond donors (Lipinski definition) is 1. The van der Waals surface area contributed by atoms with Crippen molar-refractivity contribution in [2.24, 2.45) is 11.7 Å². The normalized spacial score (nSPS) is 27.4. The lowest BCUT2D eigenvalue weighted by atomic mass is 9.77. The average Bonchev–Trinajstić information content (AvgIpc) is 2.34. The summed E-state index contributed by atoms with van der Waals surface area (Å²) >= 11 is 0. The number of hydrogen-bond acceptors (Lipinski definition) is 1. The molecule has 0 bridgehead atoms. The van der Waals surface area contributed by atoms with Gasteiger partial charge in [-0.1, -0.05) is 64.2 Å². The van der Waals surface area contributed by atoms with Crippen LogP contribution in [0.4, 0.5) is 0 Å². The van der Waals surface area contributed by atoms with Crippen LogP contribution in [0.15, 0.2) is 0 Å². The molecular formula is C16H31N. The van der Waals surface area contributed by atoms with Crippen LogP contribution in [0.1, 0.15) is 89.9 Å². The predicted octanol–water partition coefficient (Wildman–Crippen LogP) is 4.79. The van der Waals surface area contributed by atoms with Gasteiger partial charge >= 0.3 is 0 Å². The van der Waals surface area contributed by atoms with Crippen LogP contribution in [-0.2, 0) is 0 Å². The third kappa shape index (κ3) is 4.62. The molecule has 0 aliphatic heterocycles. The van der Waals surface area contributed by atoms with Gasteiger partial charge in [-0.3, -0.25) is 0 Å². The minimum atomic E-state index is 0.206. The molecule has 2 aliphatic carbocycles. The molecule has 0 radical (unpaired) electrons. The van der Waals surface area contributed by atoms with Gasteiger partial charge in [-0.2, -0.15) is 0 Å². The molecule has 1 heteroatoms. The highest BCUT2D eigenvalue weighted by molar-refractivity contribution is 4.86. The van der Waals surface area contributed by atoms with E-state index in [9.17, 15) is 0 Å². The molecule has 1 nitrogen and oxygen atoms in total. The molecule has 100 valence electrons. The molecule has 0 heterocycles. The van der Waals surface area contributed by atoms with Crippen molar-refractivity contribution in [2.45, 2.75) is 95.4 Å². The Morgan fingerprint density at radius 2 is 1.29 bits per heavy atom. The Labute approximate surface area is 108 Å². The molecule has 17 heavy (non-hydrogen) atoms. The van der Waals surface area contributed by atoms with Crippen molar-refractivity contribution in [3.63, 3.8) is 0 Å². The van der Waals surface area contributed by atoms with E-state index < -0.39 is 0 Å². The van der Waals surface area contributed by atoms with E-state index in [1.54, 1.807) is 0 Å². The van der Waals surface area contributed by atoms with E-state index in [1.807, 2.05) is 0 Å². The second-order valence-corrected chi connectivity index (χ2v) is 6.67. The Bertz CT molecular complexity index is 198. The first-order chi connectivity index (χ1) is 8.29. The van der Waals surface area contributed by atoms with E-state index in [2.05, 4.69) is 0 Å². The van der Waals surface area contributed by atoms with E-state index in [1.165, 1.54) is 89.9 Å². The summed E-state index contributed by atoms with van der Waals surface area (Å²) < 4.78 is 0. The highest BCUT2D eigenvalue weighted by atomic mass is 14.7. The first kappa shape index (κ1) is 13.4. The fraction of sp³-hybridized carbons (Fsp3) is 1.00. The van der Waals surface area contributed by atoms with Gasteiger partial charge in [0.2, 0.25) is 0 Å². The SMILES string of the molecule is NC1(CCC2CCCCC2)CCCCCCC1. The first-order valence-electron chi connectivity index (χ1n) is 8.07. The van der Waals surface area contributed by atoms with Crippen LogP contribution in [0.5, 0.6) is 0 Å². The number of rotatable bonds is 3. The fourth-order valence-electron chi connectivity index (χ4n) is 3.83. The standard InChI is InChI=1S/C16H31N/c17-16(12-7-2-1-3-8-13-16)14-11-15-9-5-4-6-10-15/h15H,1-14,17H2. The third-order valence-corrected chi connectivity index (χ3v) is 5.12. The Morgan fingerprint density at radius 3 is 1.94 bits per heavy atom. The molecular weight excluding hydrogens is 206 g/mol. The van der Waals surface area contributed by atoms with Crippen molar-refractivity contribution >= 4 is 0 Å². The van der Waals surface area contributed by atoms with Crippen LogP contribution in [0.25, 0.3) is 0 Å². The van der Waals surface area contributed by atoms with Crippen molar-refractivity contribution in [1.29, 1.82) is 0 Å². The van der Waals surface area contributed by atoms with E-state index >= 15 is 0 Å². The molecule has 0 aromatic rings. The van der Waals surface area contributed by atoms with Crippen molar-refractivity contribution in [2.75, 3.05) is 0 Å². The Balaban J connectivity index is 1.74. The maximum Gasteiger partial charge on any atom is 0.0154 e. The van der Waals surface area contributed by atoms with E-state index in [0.29, 0.717) is 0 Å². The largest absolute Gasteiger partial charge is 0.325 e. The van der Waals surface area contributed by atoms with Crippen molar-refractivity contribution in [1.82, 2.24) is 0 Å². The molecule has 2 N–H and O–H groups in total. The molecule has 2 saturated carbocycles. The molecule has 0 aromatic carbocycles. The second-order valence-electron chi connectivity index (χ2n) is 6.67. The molecule has 0 unspecified atom stereocenters. The molecule has 2 aliphatic rings. The average molecular weight is 237 g/mol. The summed E-state index contributed by atoms with van der Waals surface area (Å²) in [6, 6.07) is 0. The summed E-state index contributed by atoms with van der Waals surface area (Å²) in [5.41, 5.74) is 6.85. The lowest BCUT2D eigenvalue weighted by molar-refractivity contribution is 0.249. The monoisotopic (exact) mass is 237 g/mol. The van der Waals surface area contributed by atoms with E-state index in [-0.39, 0.29) is 5.54 Å². The maximum absolute atomic E-state index is 6.65. The summed E-state index contributed by atoms with van der Waals surface area (Å²) in [6.07, 6.45) is 19.7. The summed E-state index contributed by atoms with van der Waals surface area (Å²) in [5.74, 6) is 1.01. The van der Waals surface area contributed by atoms with Gasteiger partial charge < -0.3 is 5.73 Å². The fourth-order valence-corrected chi connectivity index (χ4v) is 3.83.